The molecule has 0 aromatic heterocycles. The molecule has 0 fully saturated rings. The number of hydrogen-bond acceptors (Lipinski definition) is 3. The van der Waals surface area contributed by atoms with Crippen molar-refractivity contribution in [2.75, 3.05) is 33.4 Å². The first-order valence-electron chi connectivity index (χ1n) is 8.53. The SMILES string of the molecule is CCCCOCCCNC(=NCc1cccc(OC)c1)NCC.I. The number of hydrogen-bond donors (Lipinski definition) is 2. The Hall–Kier alpha value is -1.02. The summed E-state index contributed by atoms with van der Waals surface area (Å²) in [6.45, 7) is 8.22. The highest BCUT2D eigenvalue weighted by Crippen LogP contribution is 2.13. The van der Waals surface area contributed by atoms with Gasteiger partial charge in [-0.3, -0.25) is 0 Å². The van der Waals surface area contributed by atoms with Crippen LogP contribution in [0.15, 0.2) is 29.3 Å². The van der Waals surface area contributed by atoms with E-state index in [4.69, 9.17) is 9.47 Å². The molecule has 0 heterocycles. The van der Waals surface area contributed by atoms with Crippen LogP contribution in [0.3, 0.4) is 0 Å². The van der Waals surface area contributed by atoms with E-state index >= 15 is 0 Å². The van der Waals surface area contributed by atoms with Gasteiger partial charge in [-0.2, -0.15) is 0 Å². The van der Waals surface area contributed by atoms with Crippen LogP contribution in [0.25, 0.3) is 0 Å². The quantitative estimate of drug-likeness (QED) is 0.235. The van der Waals surface area contributed by atoms with Gasteiger partial charge in [0.05, 0.1) is 13.7 Å². The fraction of sp³-hybridized carbons (Fsp3) is 0.611. The first-order chi connectivity index (χ1) is 11.3. The molecule has 0 saturated heterocycles. The van der Waals surface area contributed by atoms with Crippen molar-refractivity contribution in [2.45, 2.75) is 39.7 Å². The van der Waals surface area contributed by atoms with E-state index in [-0.39, 0.29) is 24.0 Å². The number of aliphatic imine (C=N–C) groups is 1. The van der Waals surface area contributed by atoms with E-state index in [0.717, 1.165) is 56.4 Å². The molecule has 1 rings (SSSR count). The van der Waals surface area contributed by atoms with Gasteiger partial charge >= 0.3 is 0 Å². The molecule has 0 saturated carbocycles. The highest BCUT2D eigenvalue weighted by molar-refractivity contribution is 14.0. The second-order valence-electron chi connectivity index (χ2n) is 5.29. The highest BCUT2D eigenvalue weighted by Gasteiger charge is 1.99. The minimum absolute atomic E-state index is 0. The summed E-state index contributed by atoms with van der Waals surface area (Å²) in [5.41, 5.74) is 1.13. The van der Waals surface area contributed by atoms with Gasteiger partial charge in [-0.25, -0.2) is 4.99 Å². The number of methoxy groups -OCH3 is 1. The number of ether oxygens (including phenoxy) is 2. The molecule has 0 amide bonds. The van der Waals surface area contributed by atoms with Crippen molar-refractivity contribution in [3.8, 4) is 5.75 Å². The van der Waals surface area contributed by atoms with Crippen LogP contribution >= 0.6 is 24.0 Å². The first-order valence-corrected chi connectivity index (χ1v) is 8.53. The summed E-state index contributed by atoms with van der Waals surface area (Å²) in [5, 5.41) is 6.60. The molecular formula is C18H32IN3O2. The predicted octanol–water partition coefficient (Wildman–Crippen LogP) is 3.58. The van der Waals surface area contributed by atoms with Crippen LogP contribution in [0.5, 0.6) is 5.75 Å². The van der Waals surface area contributed by atoms with Crippen molar-refractivity contribution in [2.24, 2.45) is 4.99 Å². The van der Waals surface area contributed by atoms with Gasteiger partial charge in [0.25, 0.3) is 0 Å². The van der Waals surface area contributed by atoms with Crippen molar-refractivity contribution < 1.29 is 9.47 Å². The molecule has 0 aliphatic heterocycles. The molecule has 1 aromatic carbocycles. The predicted molar refractivity (Wildman–Crippen MR) is 112 cm³/mol. The second-order valence-corrected chi connectivity index (χ2v) is 5.29. The van der Waals surface area contributed by atoms with Gasteiger partial charge in [0.15, 0.2) is 5.96 Å². The molecule has 6 heteroatoms. The average Bonchev–Trinajstić information content (AvgIpc) is 2.59. The number of halogens is 1. The fourth-order valence-electron chi connectivity index (χ4n) is 2.01. The minimum Gasteiger partial charge on any atom is -0.497 e. The van der Waals surface area contributed by atoms with Crippen LogP contribution < -0.4 is 15.4 Å². The van der Waals surface area contributed by atoms with E-state index in [2.05, 4.69) is 35.5 Å². The number of nitrogens with one attached hydrogen (secondary N) is 2. The number of rotatable bonds is 11. The summed E-state index contributed by atoms with van der Waals surface area (Å²) in [6.07, 6.45) is 3.30. The Morgan fingerprint density at radius 2 is 1.92 bits per heavy atom. The van der Waals surface area contributed by atoms with Gasteiger partial charge in [0.1, 0.15) is 5.75 Å². The molecular weight excluding hydrogens is 417 g/mol. The van der Waals surface area contributed by atoms with E-state index in [9.17, 15) is 0 Å². The topological polar surface area (TPSA) is 54.9 Å². The Labute approximate surface area is 163 Å². The third kappa shape index (κ3) is 10.7. The summed E-state index contributed by atoms with van der Waals surface area (Å²) >= 11 is 0. The maximum atomic E-state index is 5.56. The van der Waals surface area contributed by atoms with Crippen LogP contribution in [0, 0.1) is 0 Å². The maximum absolute atomic E-state index is 5.56. The summed E-state index contributed by atoms with van der Waals surface area (Å²) in [4.78, 5) is 4.60. The lowest BCUT2D eigenvalue weighted by molar-refractivity contribution is 0.129. The third-order valence-electron chi connectivity index (χ3n) is 3.30. The molecule has 24 heavy (non-hydrogen) atoms. The van der Waals surface area contributed by atoms with Crippen molar-refractivity contribution >= 4 is 29.9 Å². The van der Waals surface area contributed by atoms with Crippen molar-refractivity contribution in [3.63, 3.8) is 0 Å². The molecule has 5 nitrogen and oxygen atoms in total. The normalized spacial score (nSPS) is 10.9. The van der Waals surface area contributed by atoms with Gasteiger partial charge in [-0.15, -0.1) is 24.0 Å². The molecule has 138 valence electrons. The Morgan fingerprint density at radius 3 is 2.62 bits per heavy atom. The van der Waals surface area contributed by atoms with E-state index < -0.39 is 0 Å². The lowest BCUT2D eigenvalue weighted by atomic mass is 10.2. The Kier molecular flexibility index (Phi) is 14.8. The standard InChI is InChI=1S/C18H31N3O2.HI/c1-4-6-12-23-13-8-11-20-18(19-5-2)21-15-16-9-7-10-17(14-16)22-3;/h7,9-10,14H,4-6,8,11-13,15H2,1-3H3,(H2,19,20,21);1H. The molecule has 0 aliphatic rings. The van der Waals surface area contributed by atoms with Gasteiger partial charge in [0.2, 0.25) is 0 Å². The third-order valence-corrected chi connectivity index (χ3v) is 3.30. The van der Waals surface area contributed by atoms with Crippen molar-refractivity contribution in [1.29, 1.82) is 0 Å². The van der Waals surface area contributed by atoms with Crippen molar-refractivity contribution in [1.82, 2.24) is 10.6 Å². The van der Waals surface area contributed by atoms with E-state index in [0.29, 0.717) is 6.54 Å². The molecule has 0 aliphatic carbocycles. The number of benzene rings is 1. The van der Waals surface area contributed by atoms with E-state index in [1.165, 1.54) is 6.42 Å². The molecule has 0 atom stereocenters. The molecule has 0 bridgehead atoms. The van der Waals surface area contributed by atoms with Gasteiger partial charge in [-0.05, 0) is 37.5 Å². The van der Waals surface area contributed by atoms with Crippen LogP contribution in [0.2, 0.25) is 0 Å². The monoisotopic (exact) mass is 449 g/mol. The van der Waals surface area contributed by atoms with E-state index in [1.54, 1.807) is 7.11 Å². The maximum Gasteiger partial charge on any atom is 0.191 e. The van der Waals surface area contributed by atoms with Gasteiger partial charge in [-0.1, -0.05) is 25.5 Å². The van der Waals surface area contributed by atoms with Crippen LogP contribution in [0.1, 0.15) is 38.7 Å². The van der Waals surface area contributed by atoms with Crippen LogP contribution in [-0.2, 0) is 11.3 Å². The summed E-state index contributed by atoms with van der Waals surface area (Å²) < 4.78 is 10.8. The molecule has 2 N–H and O–H groups in total. The Bertz CT molecular complexity index is 456. The number of nitrogens with zero attached hydrogens (tertiary/aromatic N) is 1. The zero-order valence-corrected chi connectivity index (χ0v) is 17.5. The van der Waals surface area contributed by atoms with E-state index in [1.807, 2.05) is 18.2 Å². The first kappa shape index (κ1) is 23.0. The van der Waals surface area contributed by atoms with Gasteiger partial charge in [0, 0.05) is 26.3 Å². The van der Waals surface area contributed by atoms with Crippen molar-refractivity contribution in [3.05, 3.63) is 29.8 Å². The smallest absolute Gasteiger partial charge is 0.191 e. The Morgan fingerprint density at radius 1 is 1.12 bits per heavy atom. The molecule has 1 aromatic rings. The van der Waals surface area contributed by atoms with Crippen LogP contribution in [-0.4, -0.2) is 39.4 Å². The van der Waals surface area contributed by atoms with Gasteiger partial charge < -0.3 is 20.1 Å². The lowest BCUT2D eigenvalue weighted by Crippen LogP contribution is -2.38. The summed E-state index contributed by atoms with van der Waals surface area (Å²) in [7, 11) is 1.68. The fourth-order valence-corrected chi connectivity index (χ4v) is 2.01. The Balaban J connectivity index is 0.00000529. The lowest BCUT2D eigenvalue weighted by Gasteiger charge is -2.11. The summed E-state index contributed by atoms with van der Waals surface area (Å²) in [6, 6.07) is 7.98. The zero-order valence-electron chi connectivity index (χ0n) is 15.1. The average molecular weight is 449 g/mol. The minimum atomic E-state index is 0. The number of unbranched alkanes of at least 4 members (excludes halogenated alkanes) is 1. The molecule has 0 spiro atoms. The highest BCUT2D eigenvalue weighted by atomic mass is 127. The zero-order chi connectivity index (χ0) is 16.8. The molecule has 0 unspecified atom stereocenters. The number of guanidine groups is 1. The molecule has 0 radical (unpaired) electrons. The largest absolute Gasteiger partial charge is 0.497 e. The van der Waals surface area contributed by atoms with Crippen LogP contribution in [0.4, 0.5) is 0 Å². The second kappa shape index (κ2) is 15.5. The summed E-state index contributed by atoms with van der Waals surface area (Å²) in [5.74, 6) is 1.70.